The molecule has 0 bridgehead atoms. The summed E-state index contributed by atoms with van der Waals surface area (Å²) in [6.07, 6.45) is 3.82. The van der Waals surface area contributed by atoms with Crippen molar-refractivity contribution in [1.29, 1.82) is 0 Å². The number of urea groups is 1. The van der Waals surface area contributed by atoms with Gasteiger partial charge in [-0.2, -0.15) is 0 Å². The second-order valence-electron chi connectivity index (χ2n) is 7.18. The molecule has 2 N–H and O–H groups in total. The third-order valence-corrected chi connectivity index (χ3v) is 4.75. The predicted octanol–water partition coefficient (Wildman–Crippen LogP) is 1.09. The van der Waals surface area contributed by atoms with E-state index < -0.39 is 5.54 Å². The van der Waals surface area contributed by atoms with E-state index in [1.165, 1.54) is 4.90 Å². The van der Waals surface area contributed by atoms with E-state index in [0.29, 0.717) is 25.4 Å². The van der Waals surface area contributed by atoms with Crippen LogP contribution in [-0.4, -0.2) is 65.4 Å². The van der Waals surface area contributed by atoms with Gasteiger partial charge in [0.2, 0.25) is 5.91 Å². The number of hydrogen-bond donors (Lipinski definition) is 2. The second-order valence-corrected chi connectivity index (χ2v) is 7.18. The zero-order chi connectivity index (χ0) is 17.7. The lowest BCUT2D eigenvalue weighted by Gasteiger charge is -2.34. The third kappa shape index (κ3) is 4.26. The van der Waals surface area contributed by atoms with E-state index in [9.17, 15) is 14.4 Å². The lowest BCUT2D eigenvalue weighted by Crippen LogP contribution is -2.46. The van der Waals surface area contributed by atoms with Gasteiger partial charge in [0.25, 0.3) is 5.91 Å². The van der Waals surface area contributed by atoms with Gasteiger partial charge in [0.15, 0.2) is 0 Å². The van der Waals surface area contributed by atoms with Gasteiger partial charge in [0, 0.05) is 25.6 Å². The molecule has 2 aliphatic rings. The number of rotatable bonds is 7. The molecule has 0 aromatic heterocycles. The van der Waals surface area contributed by atoms with Crippen LogP contribution in [0.2, 0.25) is 0 Å². The van der Waals surface area contributed by atoms with Crippen LogP contribution < -0.4 is 10.6 Å². The zero-order valence-corrected chi connectivity index (χ0v) is 15.1. The topological polar surface area (TPSA) is 81.8 Å². The smallest absolute Gasteiger partial charge is 0.325 e. The Morgan fingerprint density at radius 2 is 1.96 bits per heavy atom. The van der Waals surface area contributed by atoms with E-state index >= 15 is 0 Å². The van der Waals surface area contributed by atoms with Crippen LogP contribution in [0.3, 0.4) is 0 Å². The monoisotopic (exact) mass is 338 g/mol. The SMILES string of the molecule is CCCN(C(=O)CCCN1C(=O)NC(C)(C)C1=O)C1CCNCC1. The van der Waals surface area contributed by atoms with Gasteiger partial charge in [-0.05, 0) is 52.6 Å². The molecule has 2 fully saturated rings. The second kappa shape index (κ2) is 7.96. The molecule has 2 rings (SSSR count). The first-order valence-corrected chi connectivity index (χ1v) is 9.01. The Balaban J connectivity index is 1.84. The number of carbonyl (C=O) groups excluding carboxylic acids is 3. The van der Waals surface area contributed by atoms with Crippen molar-refractivity contribution in [3.8, 4) is 0 Å². The Hall–Kier alpha value is -1.63. The summed E-state index contributed by atoms with van der Waals surface area (Å²) < 4.78 is 0. The minimum atomic E-state index is -0.843. The summed E-state index contributed by atoms with van der Waals surface area (Å²) in [6, 6.07) is -0.0458. The standard InChI is InChI=1S/C17H30N4O3/c1-4-11-20(13-7-9-18-10-8-13)14(22)6-5-12-21-15(23)17(2,3)19-16(21)24/h13,18H,4-12H2,1-3H3,(H,19,24). The molecule has 0 saturated carbocycles. The van der Waals surface area contributed by atoms with Crippen LogP contribution >= 0.6 is 0 Å². The Kier molecular flexibility index (Phi) is 6.21. The molecule has 0 aromatic carbocycles. The molecule has 0 radical (unpaired) electrons. The highest BCUT2D eigenvalue weighted by Crippen LogP contribution is 2.18. The third-order valence-electron chi connectivity index (χ3n) is 4.75. The molecule has 7 heteroatoms. The van der Waals surface area contributed by atoms with E-state index in [4.69, 9.17) is 0 Å². The number of nitrogens with zero attached hydrogens (tertiary/aromatic N) is 2. The molecule has 0 aliphatic carbocycles. The van der Waals surface area contributed by atoms with Crippen molar-refractivity contribution in [3.63, 3.8) is 0 Å². The van der Waals surface area contributed by atoms with Gasteiger partial charge in [0.1, 0.15) is 5.54 Å². The van der Waals surface area contributed by atoms with Crippen LogP contribution in [0.4, 0.5) is 4.79 Å². The van der Waals surface area contributed by atoms with Crippen molar-refractivity contribution in [2.45, 2.75) is 64.5 Å². The van der Waals surface area contributed by atoms with Crippen molar-refractivity contribution < 1.29 is 14.4 Å². The first kappa shape index (κ1) is 18.7. The quantitative estimate of drug-likeness (QED) is 0.681. The zero-order valence-electron chi connectivity index (χ0n) is 15.1. The highest BCUT2D eigenvalue weighted by molar-refractivity contribution is 6.06. The van der Waals surface area contributed by atoms with Gasteiger partial charge in [-0.3, -0.25) is 14.5 Å². The number of piperidine rings is 1. The molecule has 0 aromatic rings. The molecule has 136 valence electrons. The largest absolute Gasteiger partial charge is 0.340 e. The van der Waals surface area contributed by atoms with E-state index in [1.54, 1.807) is 13.8 Å². The van der Waals surface area contributed by atoms with Crippen LogP contribution in [0.5, 0.6) is 0 Å². The maximum atomic E-state index is 12.6. The highest BCUT2D eigenvalue weighted by Gasteiger charge is 2.43. The molecule has 0 unspecified atom stereocenters. The van der Waals surface area contributed by atoms with E-state index in [2.05, 4.69) is 17.6 Å². The minimum Gasteiger partial charge on any atom is -0.340 e. The van der Waals surface area contributed by atoms with Crippen LogP contribution in [0, 0.1) is 0 Å². The highest BCUT2D eigenvalue weighted by atomic mass is 16.2. The number of hydrogen-bond acceptors (Lipinski definition) is 4. The average Bonchev–Trinajstić information content (AvgIpc) is 2.74. The van der Waals surface area contributed by atoms with Crippen LogP contribution in [0.15, 0.2) is 0 Å². The number of amides is 4. The van der Waals surface area contributed by atoms with E-state index in [0.717, 1.165) is 38.9 Å². The van der Waals surface area contributed by atoms with E-state index in [1.807, 2.05) is 4.90 Å². The summed E-state index contributed by atoms with van der Waals surface area (Å²) in [6.45, 7) is 8.45. The molecule has 7 nitrogen and oxygen atoms in total. The molecule has 2 saturated heterocycles. The van der Waals surface area contributed by atoms with Gasteiger partial charge in [-0.25, -0.2) is 4.79 Å². The molecule has 4 amide bonds. The van der Waals surface area contributed by atoms with Crippen LogP contribution in [0.1, 0.15) is 52.9 Å². The number of carbonyl (C=O) groups is 3. The summed E-state index contributed by atoms with van der Waals surface area (Å²) in [7, 11) is 0. The number of nitrogens with one attached hydrogen (secondary N) is 2. The normalized spacial score (nSPS) is 21.0. The molecule has 24 heavy (non-hydrogen) atoms. The molecule has 0 atom stereocenters. The predicted molar refractivity (Wildman–Crippen MR) is 91.5 cm³/mol. The summed E-state index contributed by atoms with van der Waals surface area (Å²) in [5, 5.41) is 5.98. The van der Waals surface area contributed by atoms with Gasteiger partial charge < -0.3 is 15.5 Å². The van der Waals surface area contributed by atoms with Crippen molar-refractivity contribution in [3.05, 3.63) is 0 Å². The maximum absolute atomic E-state index is 12.6. The molecular weight excluding hydrogens is 308 g/mol. The Morgan fingerprint density at radius 3 is 2.50 bits per heavy atom. The van der Waals surface area contributed by atoms with Gasteiger partial charge >= 0.3 is 6.03 Å². The van der Waals surface area contributed by atoms with Gasteiger partial charge in [-0.15, -0.1) is 0 Å². The lowest BCUT2D eigenvalue weighted by molar-refractivity contribution is -0.135. The van der Waals surface area contributed by atoms with Gasteiger partial charge in [0.05, 0.1) is 0 Å². The van der Waals surface area contributed by atoms with Crippen LogP contribution in [-0.2, 0) is 9.59 Å². The maximum Gasteiger partial charge on any atom is 0.325 e. The Morgan fingerprint density at radius 1 is 1.29 bits per heavy atom. The molecular formula is C17H30N4O3. The molecule has 0 spiro atoms. The first-order valence-electron chi connectivity index (χ1n) is 9.01. The fourth-order valence-corrected chi connectivity index (χ4v) is 3.42. The summed E-state index contributed by atoms with van der Waals surface area (Å²) >= 11 is 0. The Bertz CT molecular complexity index is 486. The van der Waals surface area contributed by atoms with Crippen molar-refractivity contribution >= 4 is 17.8 Å². The Labute approximate surface area is 144 Å². The summed E-state index contributed by atoms with van der Waals surface area (Å²) in [5.41, 5.74) is -0.843. The first-order chi connectivity index (χ1) is 11.4. The fraction of sp³-hybridized carbons (Fsp3) is 0.824. The minimum absolute atomic E-state index is 0.134. The fourth-order valence-electron chi connectivity index (χ4n) is 3.42. The molecule has 2 heterocycles. The van der Waals surface area contributed by atoms with Crippen LogP contribution in [0.25, 0.3) is 0 Å². The van der Waals surface area contributed by atoms with Gasteiger partial charge in [-0.1, -0.05) is 6.92 Å². The lowest BCUT2D eigenvalue weighted by atomic mass is 10.0. The van der Waals surface area contributed by atoms with Crippen molar-refractivity contribution in [2.24, 2.45) is 0 Å². The number of imide groups is 1. The summed E-state index contributed by atoms with van der Waals surface area (Å²) in [4.78, 5) is 39.8. The molecule has 2 aliphatic heterocycles. The average molecular weight is 338 g/mol. The van der Waals surface area contributed by atoms with Crippen molar-refractivity contribution in [1.82, 2.24) is 20.4 Å². The van der Waals surface area contributed by atoms with E-state index in [-0.39, 0.29) is 17.8 Å². The van der Waals surface area contributed by atoms with Crippen molar-refractivity contribution in [2.75, 3.05) is 26.2 Å². The summed E-state index contributed by atoms with van der Waals surface area (Å²) in [5.74, 6) is -0.0845.